The van der Waals surface area contributed by atoms with E-state index in [4.69, 9.17) is 0 Å². The Morgan fingerprint density at radius 3 is 2.54 bits per heavy atom. The van der Waals surface area contributed by atoms with Crippen molar-refractivity contribution in [1.29, 1.82) is 0 Å². The van der Waals surface area contributed by atoms with E-state index in [1.165, 1.54) is 12.1 Å². The normalized spacial score (nSPS) is 13.7. The van der Waals surface area contributed by atoms with Gasteiger partial charge in [-0.25, -0.2) is 13.2 Å². The van der Waals surface area contributed by atoms with E-state index in [0.29, 0.717) is 23.0 Å². The van der Waals surface area contributed by atoms with Crippen molar-refractivity contribution in [3.8, 4) is 11.3 Å². The molecule has 0 bridgehead atoms. The van der Waals surface area contributed by atoms with Crippen LogP contribution in [-0.2, 0) is 0 Å². The first kappa shape index (κ1) is 16.4. The lowest BCUT2D eigenvalue weighted by molar-refractivity contribution is 0.102. The van der Waals surface area contributed by atoms with E-state index in [0.717, 1.165) is 30.7 Å². The minimum atomic E-state index is -0.953. The summed E-state index contributed by atoms with van der Waals surface area (Å²) in [4.78, 5) is 12.5. The van der Waals surface area contributed by atoms with Crippen molar-refractivity contribution in [1.82, 2.24) is 10.2 Å². The van der Waals surface area contributed by atoms with Gasteiger partial charge >= 0.3 is 0 Å². The molecule has 4 nitrogen and oxygen atoms in total. The van der Waals surface area contributed by atoms with Gasteiger partial charge in [0, 0.05) is 17.5 Å². The van der Waals surface area contributed by atoms with Crippen LogP contribution in [0, 0.1) is 17.5 Å². The molecule has 1 aromatic heterocycles. The molecule has 4 rings (SSSR count). The van der Waals surface area contributed by atoms with Crippen LogP contribution < -0.4 is 5.32 Å². The molecule has 26 heavy (non-hydrogen) atoms. The summed E-state index contributed by atoms with van der Waals surface area (Å²) in [6, 6.07) is 8.58. The standard InChI is InChI=1S/C19H14F3N3O/c20-12-3-1-2-11(8-12)17-18(16(24-25-17)10-4-5-10)23-19(26)14-7-6-13(21)9-15(14)22/h1-3,6-10H,4-5H2,(H,23,26)(H,24,25). The number of H-pyrrole nitrogens is 1. The number of anilines is 1. The lowest BCUT2D eigenvalue weighted by Crippen LogP contribution is -2.15. The summed E-state index contributed by atoms with van der Waals surface area (Å²) in [7, 11) is 0. The molecule has 1 fully saturated rings. The zero-order valence-corrected chi connectivity index (χ0v) is 13.5. The Balaban J connectivity index is 1.73. The summed E-state index contributed by atoms with van der Waals surface area (Å²) in [6.07, 6.45) is 1.89. The molecule has 1 heterocycles. The van der Waals surface area contributed by atoms with Gasteiger partial charge in [0.2, 0.25) is 0 Å². The molecule has 0 atom stereocenters. The number of aromatic nitrogens is 2. The fourth-order valence-electron chi connectivity index (χ4n) is 2.85. The van der Waals surface area contributed by atoms with Crippen LogP contribution >= 0.6 is 0 Å². The molecule has 0 saturated heterocycles. The summed E-state index contributed by atoms with van der Waals surface area (Å²) in [5.41, 5.74) is 1.71. The van der Waals surface area contributed by atoms with E-state index in [1.54, 1.807) is 12.1 Å². The summed E-state index contributed by atoms with van der Waals surface area (Å²) in [6.45, 7) is 0. The average molecular weight is 357 g/mol. The molecule has 132 valence electrons. The number of carbonyl (C=O) groups excluding carboxylic acids is 1. The largest absolute Gasteiger partial charge is 0.318 e. The van der Waals surface area contributed by atoms with Crippen LogP contribution in [0.1, 0.15) is 34.8 Å². The highest BCUT2D eigenvalue weighted by Gasteiger charge is 2.31. The van der Waals surface area contributed by atoms with E-state index in [9.17, 15) is 18.0 Å². The van der Waals surface area contributed by atoms with Crippen LogP contribution in [0.4, 0.5) is 18.9 Å². The van der Waals surface area contributed by atoms with Crippen LogP contribution in [-0.4, -0.2) is 16.1 Å². The summed E-state index contributed by atoms with van der Waals surface area (Å²) >= 11 is 0. The minimum absolute atomic E-state index is 0.221. The molecular weight excluding hydrogens is 343 g/mol. The Bertz CT molecular complexity index is 995. The predicted molar refractivity (Wildman–Crippen MR) is 90.3 cm³/mol. The molecule has 1 saturated carbocycles. The fourth-order valence-corrected chi connectivity index (χ4v) is 2.85. The topological polar surface area (TPSA) is 57.8 Å². The Morgan fingerprint density at radius 1 is 1.08 bits per heavy atom. The van der Waals surface area contributed by atoms with Gasteiger partial charge in [-0.2, -0.15) is 5.10 Å². The van der Waals surface area contributed by atoms with Gasteiger partial charge in [-0.15, -0.1) is 0 Å². The van der Waals surface area contributed by atoms with Crippen LogP contribution in [0.25, 0.3) is 11.3 Å². The highest BCUT2D eigenvalue weighted by atomic mass is 19.1. The summed E-state index contributed by atoms with van der Waals surface area (Å²) in [5.74, 6) is -2.64. The second-order valence-electron chi connectivity index (χ2n) is 6.22. The third kappa shape index (κ3) is 3.08. The number of aromatic amines is 1. The Kier molecular flexibility index (Phi) is 3.99. The number of halogens is 3. The summed E-state index contributed by atoms with van der Waals surface area (Å²) in [5, 5.41) is 9.76. The zero-order valence-electron chi connectivity index (χ0n) is 13.5. The molecule has 3 aromatic rings. The van der Waals surface area contributed by atoms with Crippen molar-refractivity contribution in [3.05, 3.63) is 71.2 Å². The lowest BCUT2D eigenvalue weighted by atomic mass is 10.1. The Morgan fingerprint density at radius 2 is 1.85 bits per heavy atom. The fraction of sp³-hybridized carbons (Fsp3) is 0.158. The lowest BCUT2D eigenvalue weighted by Gasteiger charge is -2.09. The minimum Gasteiger partial charge on any atom is -0.318 e. The monoisotopic (exact) mass is 357 g/mol. The average Bonchev–Trinajstić information content (AvgIpc) is 3.36. The molecule has 0 aliphatic heterocycles. The number of carbonyl (C=O) groups is 1. The molecule has 0 unspecified atom stereocenters. The quantitative estimate of drug-likeness (QED) is 0.716. The third-order valence-electron chi connectivity index (χ3n) is 4.29. The SMILES string of the molecule is O=C(Nc1c(-c2cccc(F)c2)n[nH]c1C1CC1)c1ccc(F)cc1F. The maximum atomic E-state index is 13.9. The number of hydrogen-bond donors (Lipinski definition) is 2. The van der Waals surface area contributed by atoms with Gasteiger partial charge in [-0.3, -0.25) is 9.89 Å². The van der Waals surface area contributed by atoms with Crippen molar-refractivity contribution >= 4 is 11.6 Å². The third-order valence-corrected chi connectivity index (χ3v) is 4.29. The number of benzene rings is 2. The maximum Gasteiger partial charge on any atom is 0.258 e. The van der Waals surface area contributed by atoms with Crippen LogP contribution in [0.2, 0.25) is 0 Å². The van der Waals surface area contributed by atoms with Crippen molar-refractivity contribution in [2.75, 3.05) is 5.32 Å². The molecule has 7 heteroatoms. The maximum absolute atomic E-state index is 13.9. The van der Waals surface area contributed by atoms with Gasteiger partial charge in [0.1, 0.15) is 23.1 Å². The summed E-state index contributed by atoms with van der Waals surface area (Å²) < 4.78 is 40.5. The van der Waals surface area contributed by atoms with Gasteiger partial charge in [-0.1, -0.05) is 12.1 Å². The molecular formula is C19H14F3N3O. The second-order valence-corrected chi connectivity index (χ2v) is 6.22. The highest BCUT2D eigenvalue weighted by Crippen LogP contribution is 2.45. The smallest absolute Gasteiger partial charge is 0.258 e. The molecule has 0 radical (unpaired) electrons. The molecule has 1 aliphatic carbocycles. The van der Waals surface area contributed by atoms with Gasteiger partial charge in [0.05, 0.1) is 16.9 Å². The first-order valence-electron chi connectivity index (χ1n) is 8.13. The molecule has 2 aromatic carbocycles. The van der Waals surface area contributed by atoms with Crippen LogP contribution in [0.15, 0.2) is 42.5 Å². The van der Waals surface area contributed by atoms with Crippen molar-refractivity contribution < 1.29 is 18.0 Å². The van der Waals surface area contributed by atoms with Crippen molar-refractivity contribution in [2.45, 2.75) is 18.8 Å². The van der Waals surface area contributed by atoms with Gasteiger partial charge in [-0.05, 0) is 37.1 Å². The van der Waals surface area contributed by atoms with Crippen molar-refractivity contribution in [2.24, 2.45) is 0 Å². The number of nitrogens with zero attached hydrogens (tertiary/aromatic N) is 1. The van der Waals surface area contributed by atoms with Crippen LogP contribution in [0.5, 0.6) is 0 Å². The van der Waals surface area contributed by atoms with E-state index in [2.05, 4.69) is 15.5 Å². The van der Waals surface area contributed by atoms with E-state index in [1.807, 2.05) is 0 Å². The number of amides is 1. The number of hydrogen-bond acceptors (Lipinski definition) is 2. The van der Waals surface area contributed by atoms with Gasteiger partial charge < -0.3 is 5.32 Å². The Hall–Kier alpha value is -3.09. The highest BCUT2D eigenvalue weighted by molar-refractivity contribution is 6.06. The first-order chi connectivity index (χ1) is 12.5. The molecule has 1 aliphatic rings. The van der Waals surface area contributed by atoms with E-state index >= 15 is 0 Å². The van der Waals surface area contributed by atoms with Crippen LogP contribution in [0.3, 0.4) is 0 Å². The second kappa shape index (κ2) is 6.33. The molecule has 1 amide bonds. The van der Waals surface area contributed by atoms with E-state index < -0.39 is 23.4 Å². The first-order valence-corrected chi connectivity index (χ1v) is 8.13. The number of rotatable bonds is 4. The van der Waals surface area contributed by atoms with Crippen molar-refractivity contribution in [3.63, 3.8) is 0 Å². The zero-order chi connectivity index (χ0) is 18.3. The molecule has 2 N–H and O–H groups in total. The molecule has 0 spiro atoms. The van der Waals surface area contributed by atoms with Gasteiger partial charge in [0.15, 0.2) is 0 Å². The van der Waals surface area contributed by atoms with Gasteiger partial charge in [0.25, 0.3) is 5.91 Å². The number of nitrogens with one attached hydrogen (secondary N) is 2. The predicted octanol–water partition coefficient (Wildman–Crippen LogP) is 4.62. The Labute approximate surface area is 147 Å². The van der Waals surface area contributed by atoms with E-state index in [-0.39, 0.29) is 11.5 Å².